The molecule has 0 aromatic rings. The van der Waals surface area contributed by atoms with Crippen molar-refractivity contribution in [3.63, 3.8) is 0 Å². The predicted octanol–water partition coefficient (Wildman–Crippen LogP) is 2.96. The topological polar surface area (TPSA) is 34.1 Å². The van der Waals surface area contributed by atoms with Gasteiger partial charge < -0.3 is 0 Å². The van der Waals surface area contributed by atoms with Crippen molar-refractivity contribution in [1.82, 2.24) is 0 Å². The second-order valence-corrected chi connectivity index (χ2v) is 5.18. The number of hydrogen-bond acceptors (Lipinski definition) is 2. The molecule has 2 nitrogen and oxygen atoms in total. The number of carbonyl (C=O) groups excluding carboxylic acids is 2. The van der Waals surface area contributed by atoms with Crippen LogP contribution in [0.15, 0.2) is 0 Å². The first-order chi connectivity index (χ1) is 5.59. The van der Waals surface area contributed by atoms with Crippen molar-refractivity contribution in [1.29, 1.82) is 0 Å². The van der Waals surface area contributed by atoms with Gasteiger partial charge in [0, 0.05) is 10.8 Å². The van der Waals surface area contributed by atoms with Crippen LogP contribution >= 0.6 is 23.2 Å². The Morgan fingerprint density at radius 2 is 1.15 bits per heavy atom. The molecule has 4 heteroatoms. The molecule has 0 aliphatic rings. The second kappa shape index (κ2) is 3.97. The lowest BCUT2D eigenvalue weighted by molar-refractivity contribution is -0.124. The molecule has 0 atom stereocenters. The fourth-order valence-corrected chi connectivity index (χ4v) is 1.38. The van der Waals surface area contributed by atoms with Gasteiger partial charge in [-0.15, -0.1) is 0 Å². The van der Waals surface area contributed by atoms with Crippen LogP contribution in [0.4, 0.5) is 0 Å². The molecule has 0 aromatic heterocycles. The van der Waals surface area contributed by atoms with Gasteiger partial charge in [-0.05, 0) is 29.6 Å². The molecule has 0 aromatic carbocycles. The molecule has 0 spiro atoms. The first-order valence-electron chi connectivity index (χ1n) is 3.99. The van der Waals surface area contributed by atoms with Gasteiger partial charge >= 0.3 is 0 Å². The van der Waals surface area contributed by atoms with E-state index in [0.29, 0.717) is 6.42 Å². The Bertz CT molecular complexity index is 208. The molecule has 0 rings (SSSR count). The van der Waals surface area contributed by atoms with Gasteiger partial charge in [0.2, 0.25) is 10.5 Å². The van der Waals surface area contributed by atoms with E-state index in [1.165, 1.54) is 0 Å². The highest BCUT2D eigenvalue weighted by atomic mass is 35.5. The Kier molecular flexibility index (Phi) is 3.95. The lowest BCUT2D eigenvalue weighted by Gasteiger charge is -2.29. The van der Waals surface area contributed by atoms with Crippen molar-refractivity contribution in [2.45, 2.75) is 34.1 Å². The SMILES string of the molecule is CC(C)(CC(C)(C)C(=O)Cl)C(=O)Cl. The summed E-state index contributed by atoms with van der Waals surface area (Å²) in [6.45, 7) is 6.79. The van der Waals surface area contributed by atoms with Crippen molar-refractivity contribution in [3.05, 3.63) is 0 Å². The monoisotopic (exact) mass is 224 g/mol. The minimum atomic E-state index is -0.713. The molecule has 0 aliphatic carbocycles. The van der Waals surface area contributed by atoms with Crippen LogP contribution in [0.3, 0.4) is 0 Å². The summed E-state index contributed by atoms with van der Waals surface area (Å²) in [6, 6.07) is 0. The van der Waals surface area contributed by atoms with Crippen LogP contribution < -0.4 is 0 Å². The molecule has 0 heterocycles. The molecule has 0 amide bonds. The van der Waals surface area contributed by atoms with E-state index in [-0.39, 0.29) is 0 Å². The zero-order valence-corrected chi connectivity index (χ0v) is 9.79. The molecule has 76 valence electrons. The second-order valence-electron chi connectivity index (χ2n) is 4.49. The highest BCUT2D eigenvalue weighted by Gasteiger charge is 2.37. The van der Waals surface area contributed by atoms with E-state index in [9.17, 15) is 9.59 Å². The number of hydrogen-bond donors (Lipinski definition) is 0. The fourth-order valence-electron chi connectivity index (χ4n) is 1.24. The van der Waals surface area contributed by atoms with Crippen molar-refractivity contribution < 1.29 is 9.59 Å². The molecule has 13 heavy (non-hydrogen) atoms. The molecule has 0 aliphatic heterocycles. The van der Waals surface area contributed by atoms with E-state index >= 15 is 0 Å². The van der Waals surface area contributed by atoms with Crippen molar-refractivity contribution in [2.24, 2.45) is 10.8 Å². The average molecular weight is 225 g/mol. The molecule has 0 saturated carbocycles. The van der Waals surface area contributed by atoms with Gasteiger partial charge in [-0.25, -0.2) is 0 Å². The minimum absolute atomic E-state index is 0.352. The van der Waals surface area contributed by atoms with E-state index in [4.69, 9.17) is 23.2 Å². The molecule has 0 fully saturated rings. The summed E-state index contributed by atoms with van der Waals surface area (Å²) in [5.74, 6) is 0. The smallest absolute Gasteiger partial charge is 0.227 e. The van der Waals surface area contributed by atoms with Crippen molar-refractivity contribution in [3.8, 4) is 0 Å². The highest BCUT2D eigenvalue weighted by molar-refractivity contribution is 6.65. The molecule has 0 N–H and O–H groups in total. The maximum absolute atomic E-state index is 11.0. The van der Waals surface area contributed by atoms with Gasteiger partial charge in [0.15, 0.2) is 0 Å². The summed E-state index contributed by atoms with van der Waals surface area (Å²) in [7, 11) is 0. The van der Waals surface area contributed by atoms with Gasteiger partial charge in [-0.2, -0.15) is 0 Å². The maximum atomic E-state index is 11.0. The third-order valence-electron chi connectivity index (χ3n) is 1.95. The normalized spacial score (nSPS) is 12.8. The Balaban J connectivity index is 4.61. The fraction of sp³-hybridized carbons (Fsp3) is 0.778. The van der Waals surface area contributed by atoms with Gasteiger partial charge in [0.25, 0.3) is 0 Å². The summed E-state index contributed by atoms with van der Waals surface area (Å²) in [5.41, 5.74) is -1.43. The molecule has 0 bridgehead atoms. The summed E-state index contributed by atoms with van der Waals surface area (Å²) >= 11 is 10.8. The van der Waals surface area contributed by atoms with Crippen LogP contribution in [0.5, 0.6) is 0 Å². The quantitative estimate of drug-likeness (QED) is 0.689. The molecular formula is C9H14Cl2O2. The summed E-state index contributed by atoms with van der Waals surface area (Å²) < 4.78 is 0. The van der Waals surface area contributed by atoms with Crippen LogP contribution in [0.2, 0.25) is 0 Å². The van der Waals surface area contributed by atoms with Crippen LogP contribution in [0, 0.1) is 10.8 Å². The van der Waals surface area contributed by atoms with E-state index < -0.39 is 21.3 Å². The lowest BCUT2D eigenvalue weighted by atomic mass is 9.76. The Morgan fingerprint density at radius 3 is 1.31 bits per heavy atom. The largest absolute Gasteiger partial charge is 0.281 e. The predicted molar refractivity (Wildman–Crippen MR) is 53.9 cm³/mol. The minimum Gasteiger partial charge on any atom is -0.281 e. The summed E-state index contributed by atoms with van der Waals surface area (Å²) in [5, 5.41) is -0.892. The van der Waals surface area contributed by atoms with E-state index in [2.05, 4.69) is 0 Å². The maximum Gasteiger partial charge on any atom is 0.227 e. The molecule has 0 unspecified atom stereocenters. The third-order valence-corrected chi connectivity index (χ3v) is 2.97. The molecule has 0 radical (unpaired) electrons. The van der Waals surface area contributed by atoms with Crippen LogP contribution in [-0.2, 0) is 9.59 Å². The Hall–Kier alpha value is -0.0800. The molecular weight excluding hydrogens is 211 g/mol. The highest BCUT2D eigenvalue weighted by Crippen LogP contribution is 2.36. The van der Waals surface area contributed by atoms with Crippen molar-refractivity contribution >= 4 is 33.7 Å². The van der Waals surface area contributed by atoms with Gasteiger partial charge in [-0.3, -0.25) is 9.59 Å². The van der Waals surface area contributed by atoms with E-state index in [1.54, 1.807) is 27.7 Å². The van der Waals surface area contributed by atoms with Crippen LogP contribution in [-0.4, -0.2) is 10.5 Å². The first-order valence-corrected chi connectivity index (χ1v) is 4.75. The first kappa shape index (κ1) is 12.9. The lowest BCUT2D eigenvalue weighted by Crippen LogP contribution is -2.31. The molecule has 0 saturated heterocycles. The van der Waals surface area contributed by atoms with Gasteiger partial charge in [0.05, 0.1) is 0 Å². The van der Waals surface area contributed by atoms with Gasteiger partial charge in [-0.1, -0.05) is 27.7 Å². The van der Waals surface area contributed by atoms with E-state index in [0.717, 1.165) is 0 Å². The zero-order chi connectivity index (χ0) is 10.9. The summed E-state index contributed by atoms with van der Waals surface area (Å²) in [6.07, 6.45) is 0.352. The van der Waals surface area contributed by atoms with Crippen LogP contribution in [0.25, 0.3) is 0 Å². The van der Waals surface area contributed by atoms with E-state index in [1.807, 2.05) is 0 Å². The number of carbonyl (C=O) groups is 2. The Labute approximate surface area is 88.6 Å². The third kappa shape index (κ3) is 3.65. The zero-order valence-electron chi connectivity index (χ0n) is 8.28. The number of halogens is 2. The van der Waals surface area contributed by atoms with Gasteiger partial charge in [0.1, 0.15) is 0 Å². The van der Waals surface area contributed by atoms with Crippen LogP contribution in [0.1, 0.15) is 34.1 Å². The standard InChI is InChI=1S/C9H14Cl2O2/c1-8(2,6(10)12)5-9(3,4)7(11)13/h5H2,1-4H3. The summed E-state index contributed by atoms with van der Waals surface area (Å²) in [4.78, 5) is 22.0. The van der Waals surface area contributed by atoms with Crippen molar-refractivity contribution in [2.75, 3.05) is 0 Å². The average Bonchev–Trinajstić information content (AvgIpc) is 1.83. The Morgan fingerprint density at radius 1 is 0.923 bits per heavy atom. The number of rotatable bonds is 4.